The van der Waals surface area contributed by atoms with Crippen LogP contribution in [0, 0.1) is 0 Å². The van der Waals surface area contributed by atoms with E-state index in [-0.39, 0.29) is 12.0 Å². The standard InChI is InChI=1S/C15H21NO/c1-10(2)11-5-6-12-13(15(3,4)9-17)8-16-14(12)7-11/h5-8,10,16-17H,9H2,1-4H3. The van der Waals surface area contributed by atoms with Crippen LogP contribution in [0.15, 0.2) is 24.4 Å². The van der Waals surface area contributed by atoms with Crippen LogP contribution in [0.3, 0.4) is 0 Å². The molecular formula is C15H21NO. The van der Waals surface area contributed by atoms with Gasteiger partial charge in [-0.3, -0.25) is 0 Å². The van der Waals surface area contributed by atoms with Gasteiger partial charge in [-0.15, -0.1) is 0 Å². The van der Waals surface area contributed by atoms with Crippen LogP contribution in [-0.2, 0) is 5.41 Å². The Kier molecular flexibility index (Phi) is 3.00. The highest BCUT2D eigenvalue weighted by molar-refractivity contribution is 5.85. The van der Waals surface area contributed by atoms with E-state index in [1.54, 1.807) is 0 Å². The lowest BCUT2D eigenvalue weighted by Gasteiger charge is -2.21. The summed E-state index contributed by atoms with van der Waals surface area (Å²) in [5.41, 5.74) is 3.49. The van der Waals surface area contributed by atoms with E-state index in [9.17, 15) is 5.11 Å². The first-order chi connectivity index (χ1) is 7.95. The van der Waals surface area contributed by atoms with Gasteiger partial charge in [0.15, 0.2) is 0 Å². The molecule has 0 aliphatic carbocycles. The van der Waals surface area contributed by atoms with Crippen molar-refractivity contribution in [2.24, 2.45) is 0 Å². The van der Waals surface area contributed by atoms with E-state index in [1.165, 1.54) is 16.5 Å². The molecule has 0 amide bonds. The fourth-order valence-corrected chi connectivity index (χ4v) is 2.15. The van der Waals surface area contributed by atoms with E-state index < -0.39 is 0 Å². The number of H-pyrrole nitrogens is 1. The van der Waals surface area contributed by atoms with E-state index in [0.717, 1.165) is 5.52 Å². The molecule has 2 N–H and O–H groups in total. The van der Waals surface area contributed by atoms with Gasteiger partial charge in [-0.2, -0.15) is 0 Å². The quantitative estimate of drug-likeness (QED) is 0.832. The van der Waals surface area contributed by atoms with Crippen molar-refractivity contribution in [3.63, 3.8) is 0 Å². The molecule has 17 heavy (non-hydrogen) atoms. The summed E-state index contributed by atoms with van der Waals surface area (Å²) >= 11 is 0. The van der Waals surface area contributed by atoms with Crippen molar-refractivity contribution in [1.29, 1.82) is 0 Å². The molecule has 2 nitrogen and oxygen atoms in total. The molecule has 1 heterocycles. The minimum Gasteiger partial charge on any atom is -0.395 e. The summed E-state index contributed by atoms with van der Waals surface area (Å²) in [7, 11) is 0. The van der Waals surface area contributed by atoms with Crippen molar-refractivity contribution < 1.29 is 5.11 Å². The molecule has 0 saturated carbocycles. The van der Waals surface area contributed by atoms with Gasteiger partial charge in [0, 0.05) is 22.5 Å². The summed E-state index contributed by atoms with van der Waals surface area (Å²) in [6.07, 6.45) is 2.02. The molecule has 2 heteroatoms. The van der Waals surface area contributed by atoms with Crippen LogP contribution in [0.1, 0.15) is 44.7 Å². The van der Waals surface area contributed by atoms with Crippen LogP contribution in [0.5, 0.6) is 0 Å². The zero-order valence-corrected chi connectivity index (χ0v) is 11.0. The molecule has 0 saturated heterocycles. The summed E-state index contributed by atoms with van der Waals surface area (Å²) in [6.45, 7) is 8.68. The van der Waals surface area contributed by atoms with Crippen LogP contribution in [0.4, 0.5) is 0 Å². The summed E-state index contributed by atoms with van der Waals surface area (Å²) in [6, 6.07) is 6.54. The summed E-state index contributed by atoms with van der Waals surface area (Å²) in [5.74, 6) is 0.539. The lowest BCUT2D eigenvalue weighted by atomic mass is 9.85. The van der Waals surface area contributed by atoms with Crippen LogP contribution >= 0.6 is 0 Å². The van der Waals surface area contributed by atoms with Crippen molar-refractivity contribution in [2.75, 3.05) is 6.61 Å². The molecule has 2 aromatic rings. The second-order valence-corrected chi connectivity index (χ2v) is 5.70. The third-order valence-corrected chi connectivity index (χ3v) is 3.50. The molecule has 0 unspecified atom stereocenters. The van der Waals surface area contributed by atoms with Gasteiger partial charge in [0.05, 0.1) is 6.61 Å². The van der Waals surface area contributed by atoms with Gasteiger partial charge >= 0.3 is 0 Å². The first-order valence-electron chi connectivity index (χ1n) is 6.18. The van der Waals surface area contributed by atoms with Gasteiger partial charge in [-0.05, 0) is 23.1 Å². The third kappa shape index (κ3) is 2.09. The largest absolute Gasteiger partial charge is 0.395 e. The van der Waals surface area contributed by atoms with Gasteiger partial charge in [-0.25, -0.2) is 0 Å². The van der Waals surface area contributed by atoms with Gasteiger partial charge in [0.2, 0.25) is 0 Å². The molecule has 0 aliphatic rings. The molecule has 0 bridgehead atoms. The molecule has 1 aromatic heterocycles. The number of aliphatic hydroxyl groups is 1. The number of aromatic amines is 1. The average molecular weight is 231 g/mol. The van der Waals surface area contributed by atoms with Crippen molar-refractivity contribution in [1.82, 2.24) is 4.98 Å². The second-order valence-electron chi connectivity index (χ2n) is 5.70. The average Bonchev–Trinajstić information content (AvgIpc) is 2.72. The molecule has 0 fully saturated rings. The van der Waals surface area contributed by atoms with Crippen molar-refractivity contribution in [2.45, 2.75) is 39.0 Å². The SMILES string of the molecule is CC(C)c1ccc2c(C(C)(C)CO)c[nH]c2c1. The minimum absolute atomic E-state index is 0.159. The highest BCUT2D eigenvalue weighted by atomic mass is 16.3. The number of fused-ring (bicyclic) bond motifs is 1. The number of benzene rings is 1. The first kappa shape index (κ1) is 12.2. The van der Waals surface area contributed by atoms with E-state index in [2.05, 4.69) is 50.9 Å². The zero-order chi connectivity index (χ0) is 12.6. The fraction of sp³-hybridized carbons (Fsp3) is 0.467. The summed E-state index contributed by atoms with van der Waals surface area (Å²) in [4.78, 5) is 3.31. The second kappa shape index (κ2) is 4.19. The predicted molar refractivity (Wildman–Crippen MR) is 72.5 cm³/mol. The van der Waals surface area contributed by atoms with Gasteiger partial charge in [0.25, 0.3) is 0 Å². The number of aromatic nitrogens is 1. The number of rotatable bonds is 3. The van der Waals surface area contributed by atoms with Gasteiger partial charge < -0.3 is 10.1 Å². The molecule has 0 radical (unpaired) electrons. The smallest absolute Gasteiger partial charge is 0.0523 e. The third-order valence-electron chi connectivity index (χ3n) is 3.50. The van der Waals surface area contributed by atoms with Crippen molar-refractivity contribution >= 4 is 10.9 Å². The zero-order valence-electron chi connectivity index (χ0n) is 11.0. The maximum Gasteiger partial charge on any atom is 0.0523 e. The maximum atomic E-state index is 9.45. The van der Waals surface area contributed by atoms with Crippen LogP contribution in [0.2, 0.25) is 0 Å². The number of hydrogen-bond acceptors (Lipinski definition) is 1. The number of nitrogens with one attached hydrogen (secondary N) is 1. The Labute approximate surface area is 103 Å². The van der Waals surface area contributed by atoms with E-state index >= 15 is 0 Å². The van der Waals surface area contributed by atoms with Gasteiger partial charge in [-0.1, -0.05) is 39.8 Å². The highest BCUT2D eigenvalue weighted by Crippen LogP contribution is 2.31. The van der Waals surface area contributed by atoms with Gasteiger partial charge in [0.1, 0.15) is 0 Å². The Hall–Kier alpha value is -1.28. The lowest BCUT2D eigenvalue weighted by Crippen LogP contribution is -2.21. The first-order valence-corrected chi connectivity index (χ1v) is 6.18. The van der Waals surface area contributed by atoms with E-state index in [0.29, 0.717) is 5.92 Å². The van der Waals surface area contributed by atoms with Crippen LogP contribution < -0.4 is 0 Å². The molecule has 2 rings (SSSR count). The number of aliphatic hydroxyl groups excluding tert-OH is 1. The Balaban J connectivity index is 2.56. The molecule has 0 spiro atoms. The van der Waals surface area contributed by atoms with Crippen molar-refractivity contribution in [3.05, 3.63) is 35.5 Å². The van der Waals surface area contributed by atoms with E-state index in [4.69, 9.17) is 0 Å². The summed E-state index contributed by atoms with van der Waals surface area (Å²) in [5, 5.41) is 10.7. The Bertz CT molecular complexity index is 523. The molecule has 0 aliphatic heterocycles. The normalized spacial score (nSPS) is 12.6. The Morgan fingerprint density at radius 3 is 2.59 bits per heavy atom. The van der Waals surface area contributed by atoms with Crippen LogP contribution in [-0.4, -0.2) is 16.7 Å². The maximum absolute atomic E-state index is 9.45. The minimum atomic E-state index is -0.197. The Morgan fingerprint density at radius 1 is 1.29 bits per heavy atom. The monoisotopic (exact) mass is 231 g/mol. The Morgan fingerprint density at radius 2 is 2.00 bits per heavy atom. The fourth-order valence-electron chi connectivity index (χ4n) is 2.15. The topological polar surface area (TPSA) is 36.0 Å². The molecule has 0 atom stereocenters. The predicted octanol–water partition coefficient (Wildman–Crippen LogP) is 3.56. The van der Waals surface area contributed by atoms with Crippen molar-refractivity contribution in [3.8, 4) is 0 Å². The van der Waals surface area contributed by atoms with E-state index in [1.807, 2.05) is 6.20 Å². The highest BCUT2D eigenvalue weighted by Gasteiger charge is 2.22. The van der Waals surface area contributed by atoms with Crippen LogP contribution in [0.25, 0.3) is 10.9 Å². The lowest BCUT2D eigenvalue weighted by molar-refractivity contribution is 0.219. The summed E-state index contributed by atoms with van der Waals surface area (Å²) < 4.78 is 0. The molecular weight excluding hydrogens is 210 g/mol. The number of hydrogen-bond donors (Lipinski definition) is 2. The molecule has 1 aromatic carbocycles. The molecule has 92 valence electrons.